The number of carbonyl (C=O) groups is 2. The fraction of sp³-hybridized carbons (Fsp3) is 0.500. The SMILES string of the molecule is COc1cc(CCNC(=O)OCOC(=O)C(C)C)c(OC)cc1Br. The van der Waals surface area contributed by atoms with Crippen molar-refractivity contribution in [2.75, 3.05) is 27.6 Å². The van der Waals surface area contributed by atoms with Crippen LogP contribution in [-0.4, -0.2) is 39.6 Å². The fourth-order valence-corrected chi connectivity index (χ4v) is 2.26. The summed E-state index contributed by atoms with van der Waals surface area (Å²) in [5, 5.41) is 2.58. The van der Waals surface area contributed by atoms with Gasteiger partial charge in [-0.2, -0.15) is 0 Å². The van der Waals surface area contributed by atoms with Crippen LogP contribution in [0, 0.1) is 5.92 Å². The van der Waals surface area contributed by atoms with Crippen molar-refractivity contribution < 1.29 is 28.5 Å². The molecule has 0 aliphatic carbocycles. The molecule has 24 heavy (non-hydrogen) atoms. The molecular formula is C16H22BrNO6. The number of nitrogens with one attached hydrogen (secondary N) is 1. The first-order valence-electron chi connectivity index (χ1n) is 7.36. The largest absolute Gasteiger partial charge is 0.496 e. The summed E-state index contributed by atoms with van der Waals surface area (Å²) in [4.78, 5) is 22.7. The van der Waals surface area contributed by atoms with Gasteiger partial charge in [0, 0.05) is 6.54 Å². The summed E-state index contributed by atoms with van der Waals surface area (Å²) in [6, 6.07) is 3.64. The van der Waals surface area contributed by atoms with Crippen LogP contribution < -0.4 is 14.8 Å². The van der Waals surface area contributed by atoms with E-state index in [9.17, 15) is 9.59 Å². The molecule has 0 aromatic heterocycles. The van der Waals surface area contributed by atoms with Crippen LogP contribution in [0.1, 0.15) is 19.4 Å². The van der Waals surface area contributed by atoms with Crippen molar-refractivity contribution >= 4 is 28.0 Å². The van der Waals surface area contributed by atoms with E-state index in [0.717, 1.165) is 10.0 Å². The van der Waals surface area contributed by atoms with Crippen LogP contribution in [0.5, 0.6) is 11.5 Å². The van der Waals surface area contributed by atoms with Gasteiger partial charge < -0.3 is 24.3 Å². The first kappa shape index (κ1) is 20.1. The van der Waals surface area contributed by atoms with E-state index in [4.69, 9.17) is 18.9 Å². The predicted molar refractivity (Wildman–Crippen MR) is 91.2 cm³/mol. The van der Waals surface area contributed by atoms with Crippen LogP contribution >= 0.6 is 15.9 Å². The van der Waals surface area contributed by atoms with Gasteiger partial charge in [-0.15, -0.1) is 0 Å². The molecule has 8 heteroatoms. The zero-order valence-electron chi connectivity index (χ0n) is 14.2. The first-order valence-corrected chi connectivity index (χ1v) is 8.16. The Bertz CT molecular complexity index is 576. The minimum atomic E-state index is -0.658. The highest BCUT2D eigenvalue weighted by Gasteiger charge is 2.11. The third-order valence-electron chi connectivity index (χ3n) is 3.08. The van der Waals surface area contributed by atoms with E-state index in [0.29, 0.717) is 24.5 Å². The predicted octanol–water partition coefficient (Wildman–Crippen LogP) is 2.89. The molecule has 0 radical (unpaired) electrons. The van der Waals surface area contributed by atoms with Gasteiger partial charge in [0.2, 0.25) is 6.79 Å². The second kappa shape index (κ2) is 10.0. The highest BCUT2D eigenvalue weighted by molar-refractivity contribution is 9.10. The molecule has 0 saturated carbocycles. The molecule has 7 nitrogen and oxygen atoms in total. The maximum Gasteiger partial charge on any atom is 0.410 e. The molecule has 0 saturated heterocycles. The molecule has 1 N–H and O–H groups in total. The molecule has 0 bridgehead atoms. The molecular weight excluding hydrogens is 382 g/mol. The lowest BCUT2D eigenvalue weighted by Gasteiger charge is -2.13. The molecule has 1 aromatic rings. The number of amides is 1. The normalized spacial score (nSPS) is 10.2. The number of halogens is 1. The highest BCUT2D eigenvalue weighted by Crippen LogP contribution is 2.32. The third-order valence-corrected chi connectivity index (χ3v) is 3.70. The summed E-state index contributed by atoms with van der Waals surface area (Å²) in [6.45, 7) is 3.32. The third kappa shape index (κ3) is 6.27. The van der Waals surface area contributed by atoms with E-state index in [1.165, 1.54) is 0 Å². The monoisotopic (exact) mass is 403 g/mol. The van der Waals surface area contributed by atoms with E-state index in [2.05, 4.69) is 21.2 Å². The van der Waals surface area contributed by atoms with Crippen molar-refractivity contribution in [1.29, 1.82) is 0 Å². The van der Waals surface area contributed by atoms with Gasteiger partial charge in [-0.25, -0.2) is 4.79 Å². The average molecular weight is 404 g/mol. The van der Waals surface area contributed by atoms with Crippen LogP contribution in [0.2, 0.25) is 0 Å². The number of rotatable bonds is 8. The summed E-state index contributed by atoms with van der Waals surface area (Å²) >= 11 is 3.39. The first-order chi connectivity index (χ1) is 11.4. The summed E-state index contributed by atoms with van der Waals surface area (Å²) in [5.74, 6) is 0.670. The van der Waals surface area contributed by atoms with Crippen molar-refractivity contribution in [3.63, 3.8) is 0 Å². The lowest BCUT2D eigenvalue weighted by atomic mass is 10.1. The zero-order chi connectivity index (χ0) is 18.1. The number of carbonyl (C=O) groups excluding carboxylic acids is 2. The smallest absolute Gasteiger partial charge is 0.410 e. The molecule has 1 amide bonds. The maximum absolute atomic E-state index is 11.5. The van der Waals surface area contributed by atoms with Gasteiger partial charge in [0.25, 0.3) is 0 Å². The van der Waals surface area contributed by atoms with Crippen LogP contribution in [0.3, 0.4) is 0 Å². The Morgan fingerprint density at radius 3 is 2.38 bits per heavy atom. The summed E-state index contributed by atoms with van der Waals surface area (Å²) in [7, 11) is 3.15. The standard InChI is InChI=1S/C16H22BrNO6/c1-10(2)15(19)23-9-24-16(20)18-6-5-11-7-14(22-4)12(17)8-13(11)21-3/h7-8,10H,5-6,9H2,1-4H3,(H,18,20). The Morgan fingerprint density at radius 1 is 1.12 bits per heavy atom. The van der Waals surface area contributed by atoms with Crippen molar-refractivity contribution in [3.8, 4) is 11.5 Å². The molecule has 0 heterocycles. The van der Waals surface area contributed by atoms with Crippen LogP contribution in [0.25, 0.3) is 0 Å². The molecule has 1 rings (SSSR count). The van der Waals surface area contributed by atoms with Crippen molar-refractivity contribution in [2.24, 2.45) is 5.92 Å². The Balaban J connectivity index is 2.44. The number of hydrogen-bond acceptors (Lipinski definition) is 6. The van der Waals surface area contributed by atoms with Crippen LogP contribution in [-0.2, 0) is 20.7 Å². The number of methoxy groups -OCH3 is 2. The van der Waals surface area contributed by atoms with Gasteiger partial charge in [-0.1, -0.05) is 13.8 Å². The zero-order valence-corrected chi connectivity index (χ0v) is 15.8. The van der Waals surface area contributed by atoms with Gasteiger partial charge in [0.15, 0.2) is 0 Å². The molecule has 0 atom stereocenters. The van der Waals surface area contributed by atoms with Gasteiger partial charge >= 0.3 is 12.1 Å². The summed E-state index contributed by atoms with van der Waals surface area (Å²) in [6.07, 6.45) is -0.136. The van der Waals surface area contributed by atoms with E-state index >= 15 is 0 Å². The quantitative estimate of drug-likeness (QED) is 0.530. The minimum absolute atomic E-state index is 0.267. The van der Waals surface area contributed by atoms with Gasteiger partial charge in [0.05, 0.1) is 24.6 Å². The van der Waals surface area contributed by atoms with E-state index in [-0.39, 0.29) is 5.92 Å². The van der Waals surface area contributed by atoms with Crippen molar-refractivity contribution in [3.05, 3.63) is 22.2 Å². The number of esters is 1. The van der Waals surface area contributed by atoms with Gasteiger partial charge in [-0.05, 0) is 40.0 Å². The average Bonchev–Trinajstić information content (AvgIpc) is 2.55. The Labute approximate surface area is 149 Å². The molecule has 0 fully saturated rings. The van der Waals surface area contributed by atoms with E-state index < -0.39 is 18.9 Å². The lowest BCUT2D eigenvalue weighted by molar-refractivity contribution is -0.155. The van der Waals surface area contributed by atoms with Crippen molar-refractivity contribution in [1.82, 2.24) is 5.32 Å². The van der Waals surface area contributed by atoms with E-state index in [1.54, 1.807) is 34.1 Å². The van der Waals surface area contributed by atoms with Gasteiger partial charge in [0.1, 0.15) is 11.5 Å². The molecule has 0 spiro atoms. The second-order valence-corrected chi connectivity index (χ2v) is 6.00. The number of ether oxygens (including phenoxy) is 4. The Hall–Kier alpha value is -1.96. The molecule has 1 aromatic carbocycles. The fourth-order valence-electron chi connectivity index (χ4n) is 1.78. The maximum atomic E-state index is 11.5. The van der Waals surface area contributed by atoms with Gasteiger partial charge in [-0.3, -0.25) is 4.79 Å². The number of hydrogen-bond donors (Lipinski definition) is 1. The minimum Gasteiger partial charge on any atom is -0.496 e. The summed E-state index contributed by atoms with van der Waals surface area (Å²) < 4.78 is 20.9. The molecule has 134 valence electrons. The highest BCUT2D eigenvalue weighted by atomic mass is 79.9. The van der Waals surface area contributed by atoms with Crippen molar-refractivity contribution in [2.45, 2.75) is 20.3 Å². The van der Waals surface area contributed by atoms with E-state index in [1.807, 2.05) is 6.07 Å². The topological polar surface area (TPSA) is 83.1 Å². The molecule has 0 aliphatic heterocycles. The number of benzene rings is 1. The number of alkyl carbamates (subject to hydrolysis) is 1. The van der Waals surface area contributed by atoms with Crippen LogP contribution in [0.15, 0.2) is 16.6 Å². The Morgan fingerprint density at radius 2 is 1.79 bits per heavy atom. The van der Waals surface area contributed by atoms with Crippen LogP contribution in [0.4, 0.5) is 4.79 Å². The Kier molecular flexibility index (Phi) is 8.39. The second-order valence-electron chi connectivity index (χ2n) is 5.14. The molecule has 0 unspecified atom stereocenters. The summed E-state index contributed by atoms with van der Waals surface area (Å²) in [5.41, 5.74) is 0.879. The lowest BCUT2D eigenvalue weighted by Crippen LogP contribution is -2.28. The molecule has 0 aliphatic rings.